The Morgan fingerprint density at radius 3 is 2.51 bits per heavy atom. The monoisotopic (exact) mass is 512 g/mol. The molecule has 0 radical (unpaired) electrons. The Bertz CT molecular complexity index is 1050. The second kappa shape index (κ2) is 12.0. The number of nitrogens with zero attached hydrogens (tertiary/aromatic N) is 2. The van der Waals surface area contributed by atoms with Crippen molar-refractivity contribution < 1.29 is 9.13 Å². The van der Waals surface area contributed by atoms with E-state index in [-0.39, 0.29) is 5.82 Å². The Morgan fingerprint density at radius 2 is 1.77 bits per heavy atom. The summed E-state index contributed by atoms with van der Waals surface area (Å²) >= 11 is 8.27. The van der Waals surface area contributed by atoms with E-state index in [1.165, 1.54) is 36.1 Å². The average Bonchev–Trinajstić information content (AvgIpc) is 3.53. The Labute approximate surface area is 217 Å². The molecule has 1 aromatic heterocycles. The second-order valence-corrected chi connectivity index (χ2v) is 11.3. The molecule has 0 amide bonds. The predicted octanol–water partition coefficient (Wildman–Crippen LogP) is 6.69. The van der Waals surface area contributed by atoms with E-state index in [4.69, 9.17) is 16.3 Å². The topological polar surface area (TPSA) is 15.7 Å². The molecule has 3 aromatic rings. The first-order valence-electron chi connectivity index (χ1n) is 12.7. The van der Waals surface area contributed by atoms with E-state index >= 15 is 0 Å². The number of hydrogen-bond acceptors (Lipinski definition) is 4. The van der Waals surface area contributed by atoms with Crippen LogP contribution in [0.3, 0.4) is 0 Å². The summed E-state index contributed by atoms with van der Waals surface area (Å²) in [6.45, 7) is 7.92. The van der Waals surface area contributed by atoms with Crippen LogP contribution >= 0.6 is 22.9 Å². The number of piperidine rings is 1. The van der Waals surface area contributed by atoms with Crippen LogP contribution in [-0.4, -0.2) is 49.1 Å². The van der Waals surface area contributed by atoms with Crippen molar-refractivity contribution in [3.05, 3.63) is 92.9 Å². The van der Waals surface area contributed by atoms with Crippen molar-refractivity contribution in [2.75, 3.05) is 39.3 Å². The normalized spacial score (nSPS) is 22.1. The van der Waals surface area contributed by atoms with Crippen LogP contribution in [0.4, 0.5) is 4.39 Å². The number of benzene rings is 2. The van der Waals surface area contributed by atoms with Gasteiger partial charge < -0.3 is 9.64 Å². The molecule has 2 aromatic carbocycles. The molecule has 1 unspecified atom stereocenters. The standard InChI is InChI=1S/C29H34ClFN2OS/c30-29-4-2-1-3-24(29)15-33-17-26(28(18-33)25-11-14-35-21-25)16-32-12-9-23(10-13-32)20-34-19-22-5-7-27(31)8-6-22/h1-8,11,14,21,23,26,28H,9-10,12-13,15-20H2/t26?,28-/m0/s1. The van der Waals surface area contributed by atoms with Gasteiger partial charge in [-0.05, 0) is 89.5 Å². The van der Waals surface area contributed by atoms with Crippen LogP contribution in [-0.2, 0) is 17.9 Å². The highest BCUT2D eigenvalue weighted by Crippen LogP contribution is 2.36. The molecule has 35 heavy (non-hydrogen) atoms. The maximum Gasteiger partial charge on any atom is 0.123 e. The third-order valence-corrected chi connectivity index (χ3v) is 8.65. The van der Waals surface area contributed by atoms with Gasteiger partial charge in [-0.3, -0.25) is 4.90 Å². The molecule has 186 valence electrons. The lowest BCUT2D eigenvalue weighted by atomic mass is 9.89. The van der Waals surface area contributed by atoms with Crippen LogP contribution in [0.1, 0.15) is 35.4 Å². The van der Waals surface area contributed by atoms with Crippen LogP contribution in [0, 0.1) is 17.7 Å². The number of ether oxygens (including phenoxy) is 1. The van der Waals surface area contributed by atoms with Gasteiger partial charge in [-0.15, -0.1) is 0 Å². The number of likely N-dealkylation sites (tertiary alicyclic amines) is 2. The van der Waals surface area contributed by atoms with Crippen molar-refractivity contribution in [1.29, 1.82) is 0 Å². The van der Waals surface area contributed by atoms with Crippen molar-refractivity contribution in [2.24, 2.45) is 11.8 Å². The van der Waals surface area contributed by atoms with E-state index in [9.17, 15) is 4.39 Å². The summed E-state index contributed by atoms with van der Waals surface area (Å²) in [5.41, 5.74) is 3.75. The fourth-order valence-electron chi connectivity index (χ4n) is 5.60. The van der Waals surface area contributed by atoms with Gasteiger partial charge in [-0.2, -0.15) is 11.3 Å². The van der Waals surface area contributed by atoms with Crippen molar-refractivity contribution in [2.45, 2.75) is 31.9 Å². The molecule has 2 aliphatic rings. The van der Waals surface area contributed by atoms with E-state index in [1.54, 1.807) is 23.5 Å². The Balaban J connectivity index is 1.11. The summed E-state index contributed by atoms with van der Waals surface area (Å²) in [6, 6.07) is 17.1. The molecule has 2 saturated heterocycles. The minimum absolute atomic E-state index is 0.198. The highest BCUT2D eigenvalue weighted by Gasteiger charge is 2.35. The van der Waals surface area contributed by atoms with E-state index < -0.39 is 0 Å². The molecular formula is C29H34ClFN2OS. The van der Waals surface area contributed by atoms with Gasteiger partial charge in [0.05, 0.1) is 6.61 Å². The summed E-state index contributed by atoms with van der Waals surface area (Å²) in [5.74, 6) is 1.63. The predicted molar refractivity (Wildman–Crippen MR) is 142 cm³/mol. The summed E-state index contributed by atoms with van der Waals surface area (Å²) in [5, 5.41) is 5.41. The molecule has 0 bridgehead atoms. The van der Waals surface area contributed by atoms with Gasteiger partial charge in [0.25, 0.3) is 0 Å². The van der Waals surface area contributed by atoms with Crippen LogP contribution in [0.25, 0.3) is 0 Å². The van der Waals surface area contributed by atoms with Crippen molar-refractivity contribution in [3.63, 3.8) is 0 Å². The Hall–Kier alpha value is -1.76. The highest BCUT2D eigenvalue weighted by atomic mass is 35.5. The lowest BCUT2D eigenvalue weighted by molar-refractivity contribution is 0.0542. The molecule has 5 rings (SSSR count). The molecule has 3 heterocycles. The van der Waals surface area contributed by atoms with E-state index in [1.807, 2.05) is 12.1 Å². The molecule has 0 spiro atoms. The van der Waals surface area contributed by atoms with Crippen LogP contribution in [0.2, 0.25) is 5.02 Å². The van der Waals surface area contributed by atoms with E-state index in [0.717, 1.165) is 56.5 Å². The third kappa shape index (κ3) is 6.72. The lowest BCUT2D eigenvalue weighted by Crippen LogP contribution is -2.39. The molecule has 3 nitrogen and oxygen atoms in total. The van der Waals surface area contributed by atoms with Crippen LogP contribution in [0.15, 0.2) is 65.4 Å². The second-order valence-electron chi connectivity index (χ2n) is 10.1. The van der Waals surface area contributed by atoms with Crippen LogP contribution < -0.4 is 0 Å². The van der Waals surface area contributed by atoms with Crippen molar-refractivity contribution in [3.8, 4) is 0 Å². The largest absolute Gasteiger partial charge is 0.376 e. The minimum Gasteiger partial charge on any atom is -0.376 e. The highest BCUT2D eigenvalue weighted by molar-refractivity contribution is 7.08. The van der Waals surface area contributed by atoms with Gasteiger partial charge in [0.2, 0.25) is 0 Å². The fraction of sp³-hybridized carbons (Fsp3) is 0.448. The fourth-order valence-corrected chi connectivity index (χ4v) is 6.52. The van der Waals surface area contributed by atoms with Gasteiger partial charge in [0, 0.05) is 43.7 Å². The molecule has 0 saturated carbocycles. The number of rotatable bonds is 9. The van der Waals surface area contributed by atoms with E-state index in [0.29, 0.717) is 24.4 Å². The number of thiophene rings is 1. The summed E-state index contributed by atoms with van der Waals surface area (Å²) < 4.78 is 19.0. The Morgan fingerprint density at radius 1 is 0.971 bits per heavy atom. The van der Waals surface area contributed by atoms with Crippen molar-refractivity contribution >= 4 is 22.9 Å². The smallest absolute Gasteiger partial charge is 0.123 e. The van der Waals surface area contributed by atoms with Gasteiger partial charge in [0.15, 0.2) is 0 Å². The maximum atomic E-state index is 13.1. The summed E-state index contributed by atoms with van der Waals surface area (Å²) in [7, 11) is 0. The zero-order valence-corrected chi connectivity index (χ0v) is 21.7. The van der Waals surface area contributed by atoms with Crippen molar-refractivity contribution in [1.82, 2.24) is 9.80 Å². The summed E-state index contributed by atoms with van der Waals surface area (Å²) in [6.07, 6.45) is 2.37. The average molecular weight is 513 g/mol. The SMILES string of the molecule is Fc1ccc(COCC2CCN(CC3CN(Cc4ccccc4Cl)C[C@H]3c3ccsc3)CC2)cc1. The van der Waals surface area contributed by atoms with Gasteiger partial charge in [0.1, 0.15) is 5.82 Å². The van der Waals surface area contributed by atoms with Gasteiger partial charge in [-0.25, -0.2) is 4.39 Å². The third-order valence-electron chi connectivity index (χ3n) is 7.58. The quantitative estimate of drug-likeness (QED) is 0.318. The number of halogens is 2. The molecule has 2 aliphatic heterocycles. The first-order chi connectivity index (χ1) is 17.1. The summed E-state index contributed by atoms with van der Waals surface area (Å²) in [4.78, 5) is 5.25. The van der Waals surface area contributed by atoms with Gasteiger partial charge in [-0.1, -0.05) is 41.9 Å². The first kappa shape index (κ1) is 24.9. The first-order valence-corrected chi connectivity index (χ1v) is 14.0. The maximum absolute atomic E-state index is 13.1. The molecule has 6 heteroatoms. The minimum atomic E-state index is -0.198. The molecule has 0 N–H and O–H groups in total. The molecular weight excluding hydrogens is 479 g/mol. The lowest BCUT2D eigenvalue weighted by Gasteiger charge is -2.34. The van der Waals surface area contributed by atoms with Gasteiger partial charge >= 0.3 is 0 Å². The zero-order chi connectivity index (χ0) is 24.0. The molecule has 2 atom stereocenters. The van der Waals surface area contributed by atoms with Crippen LogP contribution in [0.5, 0.6) is 0 Å². The van der Waals surface area contributed by atoms with E-state index in [2.05, 4.69) is 38.8 Å². The zero-order valence-electron chi connectivity index (χ0n) is 20.1. The Kier molecular flexibility index (Phi) is 8.53. The molecule has 2 fully saturated rings. The molecule has 0 aliphatic carbocycles. The number of hydrogen-bond donors (Lipinski definition) is 0.